The quantitative estimate of drug-likeness (QED) is 0.633. The first-order chi connectivity index (χ1) is 14.2. The van der Waals surface area contributed by atoms with Crippen LogP contribution in [0.3, 0.4) is 0 Å². The number of carbonyl (C=O) groups excluding carboxylic acids is 1. The van der Waals surface area contributed by atoms with Crippen molar-refractivity contribution in [1.29, 1.82) is 0 Å². The molecule has 1 amide bonds. The van der Waals surface area contributed by atoms with E-state index in [-0.39, 0.29) is 22.7 Å². The number of hydrogen-bond acceptors (Lipinski definition) is 3. The van der Waals surface area contributed by atoms with Gasteiger partial charge in [-0.1, -0.05) is 30.3 Å². The van der Waals surface area contributed by atoms with Crippen molar-refractivity contribution in [3.8, 4) is 0 Å². The Kier molecular flexibility index (Phi) is 6.22. The van der Waals surface area contributed by atoms with Gasteiger partial charge in [-0.3, -0.25) is 9.10 Å². The fourth-order valence-electron chi connectivity index (χ4n) is 3.14. The van der Waals surface area contributed by atoms with Gasteiger partial charge in [-0.2, -0.15) is 0 Å². The summed E-state index contributed by atoms with van der Waals surface area (Å²) in [4.78, 5) is 12.8. The van der Waals surface area contributed by atoms with Gasteiger partial charge in [0.15, 0.2) is 0 Å². The lowest BCUT2D eigenvalue weighted by molar-refractivity contribution is 0.0940. The second-order valence-corrected chi connectivity index (χ2v) is 9.00. The molecule has 5 nitrogen and oxygen atoms in total. The molecule has 0 aliphatic carbocycles. The van der Waals surface area contributed by atoms with Gasteiger partial charge >= 0.3 is 0 Å². The van der Waals surface area contributed by atoms with Gasteiger partial charge in [0, 0.05) is 12.6 Å². The van der Waals surface area contributed by atoms with Gasteiger partial charge in [0.25, 0.3) is 15.9 Å². The number of benzene rings is 3. The van der Waals surface area contributed by atoms with Gasteiger partial charge < -0.3 is 5.32 Å². The van der Waals surface area contributed by atoms with E-state index in [1.54, 1.807) is 67.6 Å². The summed E-state index contributed by atoms with van der Waals surface area (Å²) in [5.74, 6) is -0.631. The van der Waals surface area contributed by atoms with Crippen LogP contribution in [0.1, 0.15) is 34.5 Å². The maximum Gasteiger partial charge on any atom is 0.264 e. The number of nitrogens with zero attached hydrogens (tertiary/aromatic N) is 1. The summed E-state index contributed by atoms with van der Waals surface area (Å²) >= 11 is 0. The van der Waals surface area contributed by atoms with Crippen LogP contribution in [0.5, 0.6) is 0 Å². The minimum absolute atomic E-state index is 0.196. The van der Waals surface area contributed by atoms with Crippen LogP contribution in [0.15, 0.2) is 77.7 Å². The first kappa shape index (κ1) is 21.5. The highest BCUT2D eigenvalue weighted by molar-refractivity contribution is 7.92. The molecule has 0 spiro atoms. The van der Waals surface area contributed by atoms with E-state index in [4.69, 9.17) is 0 Å². The molecule has 0 aromatic heterocycles. The molecule has 0 heterocycles. The molecule has 30 heavy (non-hydrogen) atoms. The van der Waals surface area contributed by atoms with E-state index in [2.05, 4.69) is 5.32 Å². The molecule has 0 radical (unpaired) electrons. The van der Waals surface area contributed by atoms with Crippen LogP contribution in [0, 0.1) is 12.7 Å². The molecule has 0 aliphatic heterocycles. The predicted octanol–water partition coefficient (Wildman–Crippen LogP) is 4.45. The van der Waals surface area contributed by atoms with E-state index in [9.17, 15) is 17.6 Å². The molecule has 7 heteroatoms. The highest BCUT2D eigenvalue weighted by Gasteiger charge is 2.23. The number of sulfonamides is 1. The lowest BCUT2D eigenvalue weighted by Crippen LogP contribution is -2.28. The smallest absolute Gasteiger partial charge is 0.264 e. The van der Waals surface area contributed by atoms with Crippen LogP contribution < -0.4 is 9.62 Å². The van der Waals surface area contributed by atoms with Crippen LogP contribution in [-0.4, -0.2) is 21.4 Å². The SMILES string of the molecule is Cc1cc(C(=O)N[C@H](C)c2ccc(F)cc2)ccc1N(C)S(=O)(=O)c1ccccc1. The highest BCUT2D eigenvalue weighted by atomic mass is 32.2. The number of anilines is 1. The maximum absolute atomic E-state index is 13.1. The van der Waals surface area contributed by atoms with E-state index in [1.165, 1.54) is 23.5 Å². The van der Waals surface area contributed by atoms with Gasteiger partial charge in [-0.05, 0) is 67.4 Å². The van der Waals surface area contributed by atoms with E-state index in [1.807, 2.05) is 6.92 Å². The molecule has 0 bridgehead atoms. The zero-order valence-corrected chi connectivity index (χ0v) is 17.8. The fraction of sp³-hybridized carbons (Fsp3) is 0.174. The highest BCUT2D eigenvalue weighted by Crippen LogP contribution is 2.26. The van der Waals surface area contributed by atoms with Crippen LogP contribution in [0.2, 0.25) is 0 Å². The number of halogens is 1. The molecule has 3 aromatic carbocycles. The molecular weight excluding hydrogens is 403 g/mol. The van der Waals surface area contributed by atoms with Crippen LogP contribution in [0.25, 0.3) is 0 Å². The molecule has 1 N–H and O–H groups in total. The largest absolute Gasteiger partial charge is 0.346 e. The number of carbonyl (C=O) groups is 1. The maximum atomic E-state index is 13.1. The van der Waals surface area contributed by atoms with Crippen molar-refractivity contribution in [2.75, 3.05) is 11.4 Å². The third-order valence-corrected chi connectivity index (χ3v) is 6.70. The number of rotatable bonds is 6. The normalized spacial score (nSPS) is 12.3. The molecule has 0 saturated carbocycles. The van der Waals surface area contributed by atoms with Crippen molar-refractivity contribution in [1.82, 2.24) is 5.32 Å². The minimum atomic E-state index is -3.70. The molecule has 0 unspecified atom stereocenters. The Morgan fingerprint density at radius 1 is 1.00 bits per heavy atom. The molecule has 0 fully saturated rings. The molecular formula is C23H23FN2O3S. The van der Waals surface area contributed by atoms with E-state index in [0.717, 1.165) is 5.56 Å². The topological polar surface area (TPSA) is 66.5 Å². The molecule has 0 aliphatic rings. The molecule has 3 aromatic rings. The summed E-state index contributed by atoms with van der Waals surface area (Å²) in [6, 6.07) is 18.7. The number of hydrogen-bond donors (Lipinski definition) is 1. The average molecular weight is 427 g/mol. The van der Waals surface area contributed by atoms with Crippen LogP contribution in [-0.2, 0) is 10.0 Å². The summed E-state index contributed by atoms with van der Waals surface area (Å²) < 4.78 is 40.0. The van der Waals surface area contributed by atoms with Crippen molar-refractivity contribution in [2.45, 2.75) is 24.8 Å². The summed E-state index contributed by atoms with van der Waals surface area (Å²) in [6.07, 6.45) is 0. The van der Waals surface area contributed by atoms with Crippen molar-refractivity contribution in [3.05, 3.63) is 95.3 Å². The van der Waals surface area contributed by atoms with Crippen molar-refractivity contribution in [2.24, 2.45) is 0 Å². The first-order valence-electron chi connectivity index (χ1n) is 9.41. The standard InChI is InChI=1S/C23H23FN2O3S/c1-16-15-19(23(27)25-17(2)18-9-12-20(24)13-10-18)11-14-22(16)26(3)30(28,29)21-7-5-4-6-8-21/h4-15,17H,1-3H3,(H,25,27)/t17-/m1/s1. The fourth-order valence-corrected chi connectivity index (χ4v) is 4.43. The second kappa shape index (κ2) is 8.67. The molecule has 0 saturated heterocycles. The summed E-state index contributed by atoms with van der Waals surface area (Å²) in [5.41, 5.74) is 2.34. The summed E-state index contributed by atoms with van der Waals surface area (Å²) in [6.45, 7) is 3.57. The zero-order chi connectivity index (χ0) is 21.9. The van der Waals surface area contributed by atoms with Gasteiger partial charge in [-0.25, -0.2) is 12.8 Å². The van der Waals surface area contributed by atoms with Gasteiger partial charge in [0.2, 0.25) is 0 Å². The van der Waals surface area contributed by atoms with E-state index >= 15 is 0 Å². The molecule has 3 rings (SSSR count). The van der Waals surface area contributed by atoms with Gasteiger partial charge in [-0.15, -0.1) is 0 Å². The predicted molar refractivity (Wildman–Crippen MR) is 115 cm³/mol. The second-order valence-electron chi connectivity index (χ2n) is 7.03. The number of aryl methyl sites for hydroxylation is 1. The Labute approximate surface area is 176 Å². The van der Waals surface area contributed by atoms with Crippen LogP contribution in [0.4, 0.5) is 10.1 Å². The average Bonchev–Trinajstić information content (AvgIpc) is 2.74. The lowest BCUT2D eigenvalue weighted by atomic mass is 10.1. The zero-order valence-electron chi connectivity index (χ0n) is 17.0. The van der Waals surface area contributed by atoms with Crippen LogP contribution >= 0.6 is 0 Å². The minimum Gasteiger partial charge on any atom is -0.346 e. The summed E-state index contributed by atoms with van der Waals surface area (Å²) in [5, 5.41) is 2.87. The third-order valence-electron chi connectivity index (χ3n) is 4.92. The Balaban J connectivity index is 1.79. The van der Waals surface area contributed by atoms with Crippen molar-refractivity contribution in [3.63, 3.8) is 0 Å². The van der Waals surface area contributed by atoms with Gasteiger partial charge in [0.1, 0.15) is 5.82 Å². The van der Waals surface area contributed by atoms with Crippen molar-refractivity contribution < 1.29 is 17.6 Å². The van der Waals surface area contributed by atoms with E-state index in [0.29, 0.717) is 16.8 Å². The lowest BCUT2D eigenvalue weighted by Gasteiger charge is -2.22. The first-order valence-corrected chi connectivity index (χ1v) is 10.8. The Bertz CT molecular complexity index is 1150. The Morgan fingerprint density at radius 3 is 2.23 bits per heavy atom. The van der Waals surface area contributed by atoms with E-state index < -0.39 is 10.0 Å². The third kappa shape index (κ3) is 4.52. The monoisotopic (exact) mass is 426 g/mol. The number of nitrogens with one attached hydrogen (secondary N) is 1. The number of amides is 1. The van der Waals surface area contributed by atoms with Crippen molar-refractivity contribution >= 4 is 21.6 Å². The Hall–Kier alpha value is -3.19. The molecule has 1 atom stereocenters. The summed E-state index contributed by atoms with van der Waals surface area (Å²) in [7, 11) is -2.22. The molecule has 156 valence electrons. The van der Waals surface area contributed by atoms with Gasteiger partial charge in [0.05, 0.1) is 16.6 Å². The Morgan fingerprint density at radius 2 is 1.63 bits per heavy atom.